The number of hydrogen-bond acceptors (Lipinski definition) is 4. The van der Waals surface area contributed by atoms with Gasteiger partial charge in [0.25, 0.3) is 0 Å². The Morgan fingerprint density at radius 3 is 2.76 bits per heavy atom. The van der Waals surface area contributed by atoms with Gasteiger partial charge in [-0.3, -0.25) is 4.90 Å². The van der Waals surface area contributed by atoms with E-state index in [4.69, 9.17) is 18.0 Å². The number of benzene rings is 1. The average Bonchev–Trinajstić information content (AvgIpc) is 2.88. The summed E-state index contributed by atoms with van der Waals surface area (Å²) in [4.78, 5) is 6.13. The van der Waals surface area contributed by atoms with Crippen molar-refractivity contribution in [2.24, 2.45) is 16.8 Å². The van der Waals surface area contributed by atoms with Gasteiger partial charge >= 0.3 is 0 Å². The third-order valence-corrected chi connectivity index (χ3v) is 6.71. The third-order valence-electron chi connectivity index (χ3n) is 6.46. The van der Waals surface area contributed by atoms with Crippen molar-refractivity contribution in [1.29, 1.82) is 0 Å². The van der Waals surface area contributed by atoms with Crippen LogP contribution < -0.4 is 10.6 Å². The molecule has 1 aromatic rings. The number of allylic oxidation sites excluding steroid dienone is 5. The van der Waals surface area contributed by atoms with E-state index >= 15 is 0 Å². The van der Waals surface area contributed by atoms with Crippen LogP contribution >= 0.6 is 11.6 Å². The molecule has 0 spiro atoms. The second-order valence-electron chi connectivity index (χ2n) is 9.33. The Bertz CT molecular complexity index is 1050. The van der Waals surface area contributed by atoms with Gasteiger partial charge in [-0.2, -0.15) is 0 Å². The molecule has 2 rings (SSSR count). The minimum atomic E-state index is -0.191. The molecule has 1 aromatic carbocycles. The second kappa shape index (κ2) is 16.1. The molecule has 1 aliphatic heterocycles. The van der Waals surface area contributed by atoms with E-state index in [0.717, 1.165) is 31.5 Å². The van der Waals surface area contributed by atoms with Crippen molar-refractivity contribution in [3.05, 3.63) is 77.3 Å². The maximum atomic E-state index is 14.7. The number of rotatable bonds is 12. The van der Waals surface area contributed by atoms with Crippen molar-refractivity contribution in [1.82, 2.24) is 10.2 Å². The number of aliphatic imine (C=N–C) groups is 1. The van der Waals surface area contributed by atoms with E-state index in [1.165, 1.54) is 6.07 Å². The van der Waals surface area contributed by atoms with Gasteiger partial charge in [-0.25, -0.2) is 9.38 Å². The SMILES string of the molecule is C#CN(/C=C\CC(CO)C(C)/C=C(Cl)\C=C/C)/C(=N/CNc1ccc(C2CCNCC2)c(F)c1)C(=C)C. The highest BCUT2D eigenvalue weighted by Gasteiger charge is 2.19. The van der Waals surface area contributed by atoms with E-state index in [9.17, 15) is 9.50 Å². The molecule has 5 nitrogen and oxygen atoms in total. The lowest BCUT2D eigenvalue weighted by molar-refractivity contribution is 0.201. The zero-order chi connectivity index (χ0) is 27.2. The first-order valence-corrected chi connectivity index (χ1v) is 13.2. The maximum absolute atomic E-state index is 14.7. The number of piperidine rings is 1. The Balaban J connectivity index is 2.03. The van der Waals surface area contributed by atoms with Gasteiger partial charge in [-0.15, -0.1) is 0 Å². The van der Waals surface area contributed by atoms with Crippen LogP contribution in [0.4, 0.5) is 10.1 Å². The Kier molecular flexibility index (Phi) is 13.2. The lowest BCUT2D eigenvalue weighted by Gasteiger charge is -2.23. The van der Waals surface area contributed by atoms with Crippen LogP contribution in [-0.2, 0) is 0 Å². The normalized spacial score (nSPS) is 17.1. The van der Waals surface area contributed by atoms with Gasteiger partial charge in [0.1, 0.15) is 18.3 Å². The molecular weight excluding hydrogens is 487 g/mol. The monoisotopic (exact) mass is 526 g/mol. The Labute approximate surface area is 226 Å². The number of nitrogens with zero attached hydrogens (tertiary/aromatic N) is 2. The lowest BCUT2D eigenvalue weighted by Crippen LogP contribution is -2.27. The zero-order valence-electron chi connectivity index (χ0n) is 22.2. The fourth-order valence-electron chi connectivity index (χ4n) is 4.30. The topological polar surface area (TPSA) is 59.9 Å². The highest BCUT2D eigenvalue weighted by atomic mass is 35.5. The molecule has 1 aliphatic rings. The van der Waals surface area contributed by atoms with E-state index in [1.807, 2.05) is 57.2 Å². The molecule has 0 radical (unpaired) electrons. The van der Waals surface area contributed by atoms with Crippen LogP contribution in [0.25, 0.3) is 0 Å². The summed E-state index contributed by atoms with van der Waals surface area (Å²) in [5, 5.41) is 16.9. The second-order valence-corrected chi connectivity index (χ2v) is 9.77. The van der Waals surface area contributed by atoms with E-state index in [1.54, 1.807) is 11.1 Å². The zero-order valence-corrected chi connectivity index (χ0v) is 22.9. The molecule has 37 heavy (non-hydrogen) atoms. The van der Waals surface area contributed by atoms with Crippen LogP contribution in [0.5, 0.6) is 0 Å². The summed E-state index contributed by atoms with van der Waals surface area (Å²) < 4.78 is 14.7. The number of halogens is 2. The molecule has 0 aliphatic carbocycles. The van der Waals surface area contributed by atoms with Crippen molar-refractivity contribution in [2.75, 3.05) is 31.7 Å². The van der Waals surface area contributed by atoms with Gasteiger partial charge in [0.15, 0.2) is 0 Å². The summed E-state index contributed by atoms with van der Waals surface area (Å²) >= 11 is 6.19. The summed E-state index contributed by atoms with van der Waals surface area (Å²) in [6.45, 7) is 11.8. The number of amidine groups is 1. The van der Waals surface area contributed by atoms with E-state index < -0.39 is 0 Å². The summed E-state index contributed by atoms with van der Waals surface area (Å²) in [6.07, 6.45) is 17.6. The molecule has 7 heteroatoms. The predicted octanol–water partition coefficient (Wildman–Crippen LogP) is 6.38. The molecular formula is C30H40ClFN4O. The first-order chi connectivity index (χ1) is 17.8. The highest BCUT2D eigenvalue weighted by Crippen LogP contribution is 2.29. The number of aliphatic hydroxyl groups is 1. The molecule has 2 atom stereocenters. The van der Waals surface area contributed by atoms with Gasteiger partial charge in [-0.1, -0.05) is 55.8 Å². The van der Waals surface area contributed by atoms with Crippen LogP contribution in [0, 0.1) is 30.1 Å². The van der Waals surface area contributed by atoms with Crippen LogP contribution in [0.15, 0.2) is 70.9 Å². The Morgan fingerprint density at radius 2 is 2.16 bits per heavy atom. The Hall–Kier alpha value is -2.85. The predicted molar refractivity (Wildman–Crippen MR) is 155 cm³/mol. The van der Waals surface area contributed by atoms with Gasteiger partial charge in [-0.05, 0) is 93.3 Å². The minimum Gasteiger partial charge on any atom is -0.396 e. The Morgan fingerprint density at radius 1 is 1.43 bits per heavy atom. The summed E-state index contributed by atoms with van der Waals surface area (Å²) in [5.74, 6) is 0.669. The maximum Gasteiger partial charge on any atom is 0.143 e. The van der Waals surface area contributed by atoms with E-state index in [2.05, 4.69) is 28.2 Å². The third kappa shape index (κ3) is 9.85. The molecule has 0 aromatic heterocycles. The average molecular weight is 527 g/mol. The van der Waals surface area contributed by atoms with Crippen molar-refractivity contribution < 1.29 is 9.50 Å². The molecule has 200 valence electrons. The minimum absolute atomic E-state index is 0.00972. The van der Waals surface area contributed by atoms with Crippen LogP contribution in [0.3, 0.4) is 0 Å². The molecule has 3 N–H and O–H groups in total. The van der Waals surface area contributed by atoms with Gasteiger partial charge in [0, 0.05) is 29.6 Å². The van der Waals surface area contributed by atoms with Crippen molar-refractivity contribution in [3.63, 3.8) is 0 Å². The van der Waals surface area contributed by atoms with Crippen LogP contribution in [0.1, 0.15) is 51.5 Å². The van der Waals surface area contributed by atoms with Gasteiger partial charge in [0.05, 0.1) is 0 Å². The largest absolute Gasteiger partial charge is 0.396 e. The molecule has 0 saturated carbocycles. The van der Waals surface area contributed by atoms with Crippen molar-refractivity contribution >= 4 is 23.1 Å². The smallest absolute Gasteiger partial charge is 0.143 e. The fraction of sp³-hybridized carbons (Fsp3) is 0.433. The summed E-state index contributed by atoms with van der Waals surface area (Å²) in [5.41, 5.74) is 2.13. The summed E-state index contributed by atoms with van der Waals surface area (Å²) in [7, 11) is 0. The molecule has 0 bridgehead atoms. The number of aliphatic hydroxyl groups excluding tert-OH is 1. The van der Waals surface area contributed by atoms with Crippen LogP contribution in [0.2, 0.25) is 0 Å². The molecule has 1 heterocycles. The fourth-order valence-corrected chi connectivity index (χ4v) is 4.62. The quantitative estimate of drug-likeness (QED) is 0.0972. The van der Waals surface area contributed by atoms with Crippen molar-refractivity contribution in [2.45, 2.75) is 46.0 Å². The van der Waals surface area contributed by atoms with Gasteiger partial charge in [0.2, 0.25) is 0 Å². The van der Waals surface area contributed by atoms with E-state index in [0.29, 0.717) is 28.5 Å². The first kappa shape index (κ1) is 30.4. The molecule has 1 saturated heterocycles. The van der Waals surface area contributed by atoms with Crippen molar-refractivity contribution in [3.8, 4) is 12.5 Å². The van der Waals surface area contributed by atoms with Gasteiger partial charge < -0.3 is 15.7 Å². The standard InChI is InChI=1S/C30H40ClFN4O/c1-6-9-26(31)18-23(5)25(20-37)10-8-17-36(7-2)30(22(3)4)35-21-34-27-11-12-28(29(32)19-27)24-13-15-33-16-14-24/h2,6,8-9,11-12,17-19,23-25,33-34,37H,3,10,13-16,20-21H2,1,4-5H3/b9-6-,17-8-,26-18+,35-30+. The van der Waals surface area contributed by atoms with E-state index in [-0.39, 0.29) is 36.8 Å². The van der Waals surface area contributed by atoms with Crippen LogP contribution in [-0.4, -0.2) is 42.2 Å². The first-order valence-electron chi connectivity index (χ1n) is 12.8. The summed E-state index contributed by atoms with van der Waals surface area (Å²) in [6, 6.07) is 7.90. The number of anilines is 1. The molecule has 2 unspecified atom stereocenters. The molecule has 0 amide bonds. The molecule has 1 fully saturated rings. The number of terminal acetylenes is 1. The highest BCUT2D eigenvalue weighted by molar-refractivity contribution is 6.31. The lowest BCUT2D eigenvalue weighted by atomic mass is 9.90. The number of nitrogens with one attached hydrogen (secondary N) is 2. The number of hydrogen-bond donors (Lipinski definition) is 3.